The molecule has 1 fully saturated rings. The third-order valence-electron chi connectivity index (χ3n) is 1.42. The average Bonchev–Trinajstić information content (AvgIpc) is 2.45. The molecule has 1 saturated heterocycles. The largest absolute Gasteiger partial charge is 0.373 e. The SMILES string of the molecule is C[Si](C)(C)C=CCC1CO1. The summed E-state index contributed by atoms with van der Waals surface area (Å²) < 4.78 is 5.09. The number of ether oxygens (including phenoxy) is 1. The predicted molar refractivity (Wildman–Crippen MR) is 46.8 cm³/mol. The Bertz CT molecular complexity index is 131. The van der Waals surface area contributed by atoms with Gasteiger partial charge in [0.2, 0.25) is 0 Å². The van der Waals surface area contributed by atoms with Gasteiger partial charge in [-0.3, -0.25) is 0 Å². The van der Waals surface area contributed by atoms with E-state index in [0.717, 1.165) is 13.0 Å². The van der Waals surface area contributed by atoms with Gasteiger partial charge >= 0.3 is 0 Å². The number of epoxide rings is 1. The molecule has 0 radical (unpaired) electrons. The minimum Gasteiger partial charge on any atom is -0.373 e. The van der Waals surface area contributed by atoms with Gasteiger partial charge in [-0.05, 0) is 6.42 Å². The highest BCUT2D eigenvalue weighted by atomic mass is 28.3. The summed E-state index contributed by atoms with van der Waals surface area (Å²) in [5.41, 5.74) is 2.38. The first-order valence-corrected chi connectivity index (χ1v) is 7.45. The van der Waals surface area contributed by atoms with Crippen LogP contribution in [0.2, 0.25) is 19.6 Å². The fraction of sp³-hybridized carbons (Fsp3) is 0.750. The maximum absolute atomic E-state index is 5.09. The summed E-state index contributed by atoms with van der Waals surface area (Å²) in [7, 11) is -0.932. The summed E-state index contributed by atoms with van der Waals surface area (Å²) in [5, 5.41) is 0. The third-order valence-corrected chi connectivity index (χ3v) is 2.65. The lowest BCUT2D eigenvalue weighted by molar-refractivity contribution is 0.410. The molecule has 0 N–H and O–H groups in total. The van der Waals surface area contributed by atoms with E-state index < -0.39 is 8.07 Å². The van der Waals surface area contributed by atoms with Crippen molar-refractivity contribution in [3.8, 4) is 0 Å². The highest BCUT2D eigenvalue weighted by molar-refractivity contribution is 6.80. The van der Waals surface area contributed by atoms with Gasteiger partial charge in [0.1, 0.15) is 0 Å². The lowest BCUT2D eigenvalue weighted by atomic mass is 10.3. The number of hydrogen-bond acceptors (Lipinski definition) is 1. The van der Waals surface area contributed by atoms with E-state index in [1.54, 1.807) is 0 Å². The summed E-state index contributed by atoms with van der Waals surface area (Å²) in [5.74, 6) is 0. The zero-order valence-corrected chi connectivity index (χ0v) is 8.05. The Balaban J connectivity index is 2.15. The van der Waals surface area contributed by atoms with Crippen molar-refractivity contribution in [2.24, 2.45) is 0 Å². The smallest absolute Gasteiger partial charge is 0.0844 e. The highest BCUT2D eigenvalue weighted by Crippen LogP contribution is 2.14. The molecule has 0 amide bonds. The number of hydrogen-bond donors (Lipinski definition) is 0. The first-order valence-electron chi connectivity index (χ1n) is 3.87. The van der Waals surface area contributed by atoms with Crippen LogP contribution in [0.25, 0.3) is 0 Å². The van der Waals surface area contributed by atoms with E-state index in [2.05, 4.69) is 31.4 Å². The maximum Gasteiger partial charge on any atom is 0.0844 e. The summed E-state index contributed by atoms with van der Waals surface area (Å²) in [6.45, 7) is 8.02. The second-order valence-electron chi connectivity index (χ2n) is 3.96. The molecule has 1 aliphatic heterocycles. The average molecular weight is 156 g/mol. The molecule has 0 aromatic rings. The molecule has 58 valence electrons. The van der Waals surface area contributed by atoms with Crippen LogP contribution in [0.4, 0.5) is 0 Å². The molecule has 0 spiro atoms. The van der Waals surface area contributed by atoms with Crippen molar-refractivity contribution in [3.05, 3.63) is 11.8 Å². The first-order chi connectivity index (χ1) is 4.58. The number of rotatable bonds is 3. The van der Waals surface area contributed by atoms with Crippen molar-refractivity contribution < 1.29 is 4.74 Å². The fourth-order valence-corrected chi connectivity index (χ4v) is 1.62. The summed E-state index contributed by atoms with van der Waals surface area (Å²) in [4.78, 5) is 0. The minimum atomic E-state index is -0.932. The molecular formula is C8H16OSi. The Morgan fingerprint density at radius 2 is 2.10 bits per heavy atom. The highest BCUT2D eigenvalue weighted by Gasteiger charge is 2.20. The molecule has 1 aliphatic rings. The second-order valence-corrected chi connectivity index (χ2v) is 9.02. The van der Waals surface area contributed by atoms with Gasteiger partial charge in [0.15, 0.2) is 0 Å². The fourth-order valence-electron chi connectivity index (χ4n) is 0.777. The monoisotopic (exact) mass is 156 g/mol. The normalized spacial score (nSPS) is 25.7. The van der Waals surface area contributed by atoms with Crippen molar-refractivity contribution >= 4 is 8.07 Å². The van der Waals surface area contributed by atoms with E-state index in [9.17, 15) is 0 Å². The molecule has 1 rings (SSSR count). The van der Waals surface area contributed by atoms with Gasteiger partial charge in [0.05, 0.1) is 20.8 Å². The van der Waals surface area contributed by atoms with Crippen LogP contribution in [0, 0.1) is 0 Å². The van der Waals surface area contributed by atoms with Crippen molar-refractivity contribution in [1.29, 1.82) is 0 Å². The van der Waals surface area contributed by atoms with E-state index >= 15 is 0 Å². The summed E-state index contributed by atoms with van der Waals surface area (Å²) in [6.07, 6.45) is 3.97. The molecule has 0 aromatic carbocycles. The van der Waals surface area contributed by atoms with E-state index in [1.165, 1.54) is 0 Å². The Hall–Kier alpha value is -0.0831. The van der Waals surface area contributed by atoms with E-state index in [0.29, 0.717) is 6.10 Å². The van der Waals surface area contributed by atoms with E-state index in [1.807, 2.05) is 0 Å². The lowest BCUT2D eigenvalue weighted by Crippen LogP contribution is -2.15. The molecule has 10 heavy (non-hydrogen) atoms. The van der Waals surface area contributed by atoms with Gasteiger partial charge in [-0.25, -0.2) is 0 Å². The van der Waals surface area contributed by atoms with E-state index in [-0.39, 0.29) is 0 Å². The van der Waals surface area contributed by atoms with Crippen LogP contribution in [0.3, 0.4) is 0 Å². The maximum atomic E-state index is 5.09. The summed E-state index contributed by atoms with van der Waals surface area (Å²) >= 11 is 0. The molecule has 0 aliphatic carbocycles. The standard InChI is InChI=1S/C8H16OSi/c1-10(2,3)6-4-5-8-7-9-8/h4,6,8H,5,7H2,1-3H3. The third kappa shape index (κ3) is 3.85. The van der Waals surface area contributed by atoms with Crippen LogP contribution in [-0.4, -0.2) is 20.8 Å². The molecule has 1 heterocycles. The quantitative estimate of drug-likeness (QED) is 0.451. The minimum absolute atomic E-state index is 0.563. The lowest BCUT2D eigenvalue weighted by Gasteiger charge is -2.07. The molecule has 1 nitrogen and oxygen atoms in total. The zero-order valence-electron chi connectivity index (χ0n) is 7.05. The Labute approximate surface area is 64.1 Å². The van der Waals surface area contributed by atoms with Crippen LogP contribution in [0.1, 0.15) is 6.42 Å². The first kappa shape index (κ1) is 8.02. The van der Waals surface area contributed by atoms with Crippen molar-refractivity contribution in [1.82, 2.24) is 0 Å². The van der Waals surface area contributed by atoms with Crippen LogP contribution < -0.4 is 0 Å². The van der Waals surface area contributed by atoms with Gasteiger partial charge in [-0.1, -0.05) is 31.4 Å². The van der Waals surface area contributed by atoms with E-state index in [4.69, 9.17) is 4.74 Å². The van der Waals surface area contributed by atoms with Crippen molar-refractivity contribution in [2.75, 3.05) is 6.61 Å². The van der Waals surface area contributed by atoms with Gasteiger partial charge < -0.3 is 4.74 Å². The van der Waals surface area contributed by atoms with Gasteiger partial charge in [-0.2, -0.15) is 0 Å². The topological polar surface area (TPSA) is 12.5 Å². The Kier molecular flexibility index (Phi) is 2.31. The van der Waals surface area contributed by atoms with Crippen LogP contribution in [0.5, 0.6) is 0 Å². The molecule has 1 atom stereocenters. The van der Waals surface area contributed by atoms with Gasteiger partial charge in [-0.15, -0.1) is 0 Å². The predicted octanol–water partition coefficient (Wildman–Crippen LogP) is 2.21. The molecule has 0 saturated carbocycles. The molecular weight excluding hydrogens is 140 g/mol. The van der Waals surface area contributed by atoms with Crippen LogP contribution >= 0.6 is 0 Å². The van der Waals surface area contributed by atoms with Gasteiger partial charge in [0, 0.05) is 0 Å². The summed E-state index contributed by atoms with van der Waals surface area (Å²) in [6, 6.07) is 0. The second kappa shape index (κ2) is 2.89. The van der Waals surface area contributed by atoms with Gasteiger partial charge in [0.25, 0.3) is 0 Å². The molecule has 2 heteroatoms. The molecule has 0 aromatic heterocycles. The van der Waals surface area contributed by atoms with Crippen LogP contribution in [-0.2, 0) is 4.74 Å². The van der Waals surface area contributed by atoms with Crippen molar-refractivity contribution in [2.45, 2.75) is 32.2 Å². The molecule has 0 bridgehead atoms. The molecule has 1 unspecified atom stereocenters. The Morgan fingerprint density at radius 1 is 1.50 bits per heavy atom. The van der Waals surface area contributed by atoms with Crippen LogP contribution in [0.15, 0.2) is 11.8 Å². The Morgan fingerprint density at radius 3 is 2.50 bits per heavy atom. The van der Waals surface area contributed by atoms with Crippen molar-refractivity contribution in [3.63, 3.8) is 0 Å². The zero-order chi connectivity index (χ0) is 7.61.